The quantitative estimate of drug-likeness (QED) is 0.669. The molecule has 0 saturated heterocycles. The van der Waals surface area contributed by atoms with Crippen molar-refractivity contribution in [1.82, 2.24) is 0 Å². The first-order valence-electron chi connectivity index (χ1n) is 6.22. The molecule has 2 N–H and O–H groups in total. The standard InChI is InChI=1S/C13H23N/c14-11-13(9-5-2-6-10-13)12-7-3-1-4-8-12/h2,5,12H,1,3-4,6-11,14H2. The Balaban J connectivity index is 2.05. The molecule has 0 spiro atoms. The van der Waals surface area contributed by atoms with E-state index in [2.05, 4.69) is 12.2 Å². The zero-order valence-corrected chi connectivity index (χ0v) is 9.17. The SMILES string of the molecule is NCC1(C2CCCCC2)CC=CCC1. The molecule has 1 fully saturated rings. The molecule has 0 aromatic rings. The maximum atomic E-state index is 6.04. The summed E-state index contributed by atoms with van der Waals surface area (Å²) in [5.41, 5.74) is 6.52. The van der Waals surface area contributed by atoms with Crippen LogP contribution in [-0.2, 0) is 0 Å². The minimum absolute atomic E-state index is 0.481. The Kier molecular flexibility index (Phi) is 3.27. The van der Waals surface area contributed by atoms with E-state index in [0.717, 1.165) is 12.5 Å². The molecule has 2 aliphatic rings. The molecule has 2 aliphatic carbocycles. The van der Waals surface area contributed by atoms with Gasteiger partial charge in [0.15, 0.2) is 0 Å². The average Bonchev–Trinajstić information content (AvgIpc) is 2.31. The molecule has 0 amide bonds. The molecule has 0 aliphatic heterocycles. The van der Waals surface area contributed by atoms with Crippen LogP contribution in [0.25, 0.3) is 0 Å². The van der Waals surface area contributed by atoms with Crippen LogP contribution in [0.1, 0.15) is 51.4 Å². The lowest BCUT2D eigenvalue weighted by atomic mass is 9.63. The summed E-state index contributed by atoms with van der Waals surface area (Å²) >= 11 is 0. The van der Waals surface area contributed by atoms with Crippen molar-refractivity contribution in [3.8, 4) is 0 Å². The fourth-order valence-corrected chi connectivity index (χ4v) is 3.35. The van der Waals surface area contributed by atoms with Gasteiger partial charge in [-0.25, -0.2) is 0 Å². The van der Waals surface area contributed by atoms with Crippen LogP contribution in [0.15, 0.2) is 12.2 Å². The largest absolute Gasteiger partial charge is 0.330 e. The van der Waals surface area contributed by atoms with Crippen molar-refractivity contribution < 1.29 is 0 Å². The molecule has 0 radical (unpaired) electrons. The van der Waals surface area contributed by atoms with Gasteiger partial charge in [-0.15, -0.1) is 0 Å². The molecule has 0 heterocycles. The van der Waals surface area contributed by atoms with Crippen LogP contribution < -0.4 is 5.73 Å². The summed E-state index contributed by atoms with van der Waals surface area (Å²) in [6, 6.07) is 0. The second-order valence-electron chi connectivity index (χ2n) is 5.12. The average molecular weight is 193 g/mol. The highest BCUT2D eigenvalue weighted by Gasteiger charge is 2.37. The van der Waals surface area contributed by atoms with Gasteiger partial charge in [-0.1, -0.05) is 31.4 Å². The number of hydrogen-bond donors (Lipinski definition) is 1. The van der Waals surface area contributed by atoms with Crippen molar-refractivity contribution in [2.45, 2.75) is 51.4 Å². The summed E-state index contributed by atoms with van der Waals surface area (Å²) in [5.74, 6) is 0.922. The maximum Gasteiger partial charge on any atom is -0.00148 e. The van der Waals surface area contributed by atoms with Gasteiger partial charge >= 0.3 is 0 Å². The van der Waals surface area contributed by atoms with Crippen molar-refractivity contribution in [3.05, 3.63) is 12.2 Å². The zero-order chi connectivity index (χ0) is 9.86. The van der Waals surface area contributed by atoms with Crippen molar-refractivity contribution in [2.24, 2.45) is 17.1 Å². The minimum atomic E-state index is 0.481. The summed E-state index contributed by atoms with van der Waals surface area (Å²) in [6.45, 7) is 0.905. The van der Waals surface area contributed by atoms with Gasteiger partial charge in [0.25, 0.3) is 0 Å². The number of allylic oxidation sites excluding steroid dienone is 2. The van der Waals surface area contributed by atoms with E-state index in [1.165, 1.54) is 51.4 Å². The monoisotopic (exact) mass is 193 g/mol. The molecule has 0 aromatic carbocycles. The Hall–Kier alpha value is -0.300. The van der Waals surface area contributed by atoms with Crippen LogP contribution in [0.5, 0.6) is 0 Å². The molecule has 80 valence electrons. The van der Waals surface area contributed by atoms with Gasteiger partial charge in [0.2, 0.25) is 0 Å². The molecule has 0 aromatic heterocycles. The summed E-state index contributed by atoms with van der Waals surface area (Å²) in [7, 11) is 0. The normalized spacial score (nSPS) is 34.6. The molecular formula is C13H23N. The molecule has 0 bridgehead atoms. The summed E-state index contributed by atoms with van der Waals surface area (Å²) in [5, 5.41) is 0. The predicted molar refractivity (Wildman–Crippen MR) is 61.1 cm³/mol. The first kappa shape index (κ1) is 10.2. The van der Waals surface area contributed by atoms with Gasteiger partial charge in [0.1, 0.15) is 0 Å². The molecule has 1 nitrogen and oxygen atoms in total. The highest BCUT2D eigenvalue weighted by molar-refractivity contribution is 5.01. The third-order valence-electron chi connectivity index (χ3n) is 4.38. The predicted octanol–water partition coefficient (Wildman–Crippen LogP) is 3.25. The molecule has 1 unspecified atom stereocenters. The van der Waals surface area contributed by atoms with Crippen LogP contribution in [-0.4, -0.2) is 6.54 Å². The number of rotatable bonds is 2. The first-order chi connectivity index (χ1) is 6.87. The number of hydrogen-bond acceptors (Lipinski definition) is 1. The van der Waals surface area contributed by atoms with E-state index in [0.29, 0.717) is 5.41 Å². The summed E-state index contributed by atoms with van der Waals surface area (Å²) in [4.78, 5) is 0. The smallest absolute Gasteiger partial charge is 0.00148 e. The van der Waals surface area contributed by atoms with Gasteiger partial charge in [-0.05, 0) is 50.0 Å². The molecule has 1 atom stereocenters. The van der Waals surface area contributed by atoms with Crippen molar-refractivity contribution in [2.75, 3.05) is 6.54 Å². The van der Waals surface area contributed by atoms with E-state index in [4.69, 9.17) is 5.73 Å². The Morgan fingerprint density at radius 2 is 1.93 bits per heavy atom. The Labute approximate surface area is 87.8 Å². The highest BCUT2D eigenvalue weighted by Crippen LogP contribution is 2.45. The van der Waals surface area contributed by atoms with Crippen LogP contribution in [0, 0.1) is 11.3 Å². The summed E-state index contributed by atoms with van der Waals surface area (Å²) < 4.78 is 0. The Bertz CT molecular complexity index is 203. The lowest BCUT2D eigenvalue weighted by Gasteiger charge is -2.43. The Morgan fingerprint density at radius 3 is 2.50 bits per heavy atom. The first-order valence-corrected chi connectivity index (χ1v) is 6.22. The second kappa shape index (κ2) is 4.48. The van der Waals surface area contributed by atoms with Crippen LogP contribution >= 0.6 is 0 Å². The Morgan fingerprint density at radius 1 is 1.14 bits per heavy atom. The van der Waals surface area contributed by atoms with Crippen molar-refractivity contribution >= 4 is 0 Å². The maximum absolute atomic E-state index is 6.04. The van der Waals surface area contributed by atoms with Crippen LogP contribution in [0.3, 0.4) is 0 Å². The van der Waals surface area contributed by atoms with Crippen molar-refractivity contribution in [1.29, 1.82) is 0 Å². The van der Waals surface area contributed by atoms with E-state index in [9.17, 15) is 0 Å². The van der Waals surface area contributed by atoms with E-state index >= 15 is 0 Å². The molecule has 1 saturated carbocycles. The third kappa shape index (κ3) is 1.88. The van der Waals surface area contributed by atoms with Crippen LogP contribution in [0.4, 0.5) is 0 Å². The lowest BCUT2D eigenvalue weighted by molar-refractivity contribution is 0.111. The van der Waals surface area contributed by atoms with Gasteiger partial charge in [0, 0.05) is 0 Å². The fourth-order valence-electron chi connectivity index (χ4n) is 3.35. The zero-order valence-electron chi connectivity index (χ0n) is 9.17. The third-order valence-corrected chi connectivity index (χ3v) is 4.38. The minimum Gasteiger partial charge on any atom is -0.330 e. The fraction of sp³-hybridized carbons (Fsp3) is 0.846. The van der Waals surface area contributed by atoms with Crippen LogP contribution in [0.2, 0.25) is 0 Å². The molecular weight excluding hydrogens is 170 g/mol. The number of nitrogens with two attached hydrogens (primary N) is 1. The van der Waals surface area contributed by atoms with E-state index in [1.807, 2.05) is 0 Å². The van der Waals surface area contributed by atoms with E-state index in [1.54, 1.807) is 0 Å². The topological polar surface area (TPSA) is 26.0 Å². The van der Waals surface area contributed by atoms with E-state index in [-0.39, 0.29) is 0 Å². The second-order valence-corrected chi connectivity index (χ2v) is 5.12. The van der Waals surface area contributed by atoms with Gasteiger partial charge in [-0.3, -0.25) is 0 Å². The van der Waals surface area contributed by atoms with E-state index < -0.39 is 0 Å². The molecule has 1 heteroatoms. The van der Waals surface area contributed by atoms with Gasteiger partial charge in [-0.2, -0.15) is 0 Å². The van der Waals surface area contributed by atoms with Gasteiger partial charge in [0.05, 0.1) is 0 Å². The molecule has 14 heavy (non-hydrogen) atoms. The van der Waals surface area contributed by atoms with Gasteiger partial charge < -0.3 is 5.73 Å². The lowest BCUT2D eigenvalue weighted by Crippen LogP contribution is -2.39. The van der Waals surface area contributed by atoms with Crippen molar-refractivity contribution in [3.63, 3.8) is 0 Å². The summed E-state index contributed by atoms with van der Waals surface area (Å²) in [6.07, 6.45) is 15.7. The molecule has 2 rings (SSSR count). The highest BCUT2D eigenvalue weighted by atomic mass is 14.6.